The number of rotatable bonds is 4. The second-order valence-electron chi connectivity index (χ2n) is 3.00. The highest BCUT2D eigenvalue weighted by Crippen LogP contribution is 2.37. The van der Waals surface area contributed by atoms with Crippen LogP contribution in [0.4, 0.5) is 5.82 Å². The average Bonchev–Trinajstić information content (AvgIpc) is 2.80. The summed E-state index contributed by atoms with van der Waals surface area (Å²) in [6.07, 6.45) is 1.96. The number of nitrogens with zero attached hydrogens (tertiary/aromatic N) is 3. The number of thioether (sulfide) groups is 1. The Hall–Kier alpha value is -0.210. The van der Waals surface area contributed by atoms with Crippen molar-refractivity contribution in [1.29, 1.82) is 0 Å². The Kier molecular flexibility index (Phi) is 4.97. The van der Waals surface area contributed by atoms with Crippen LogP contribution in [-0.2, 0) is 0 Å². The van der Waals surface area contributed by atoms with Crippen LogP contribution < -0.4 is 5.32 Å². The minimum Gasteiger partial charge on any atom is -0.372 e. The molecule has 96 valence electrons. The number of nitrogens with one attached hydrogen (secondary N) is 1. The van der Waals surface area contributed by atoms with Gasteiger partial charge in [0.25, 0.3) is 0 Å². The second kappa shape index (κ2) is 6.29. The lowest BCUT2D eigenvalue weighted by atomic mass is 10.4. The van der Waals surface area contributed by atoms with E-state index in [9.17, 15) is 0 Å². The normalized spacial score (nSPS) is 10.7. The number of hydrogen-bond acceptors (Lipinski definition) is 7. The fourth-order valence-corrected chi connectivity index (χ4v) is 4.01. The molecular weight excluding hydrogens is 331 g/mol. The van der Waals surface area contributed by atoms with E-state index in [1.807, 2.05) is 6.26 Å². The molecule has 0 amide bonds. The minimum absolute atomic E-state index is 0.494. The largest absolute Gasteiger partial charge is 0.372 e. The molecule has 2 rings (SSSR count). The van der Waals surface area contributed by atoms with Crippen LogP contribution in [0.3, 0.4) is 0 Å². The number of hydrogen-bond donors (Lipinski definition) is 1. The highest BCUT2D eigenvalue weighted by atomic mass is 35.5. The Balaban J connectivity index is 2.28. The van der Waals surface area contributed by atoms with Crippen molar-refractivity contribution in [2.24, 2.45) is 0 Å². The van der Waals surface area contributed by atoms with Gasteiger partial charge in [0.2, 0.25) is 0 Å². The zero-order chi connectivity index (χ0) is 13.1. The molecular formula is C9H8Cl2N4S3. The van der Waals surface area contributed by atoms with E-state index in [-0.39, 0.29) is 0 Å². The van der Waals surface area contributed by atoms with Gasteiger partial charge in [-0.1, -0.05) is 46.3 Å². The van der Waals surface area contributed by atoms with Gasteiger partial charge >= 0.3 is 0 Å². The van der Waals surface area contributed by atoms with Crippen LogP contribution in [0.25, 0.3) is 0 Å². The summed E-state index contributed by atoms with van der Waals surface area (Å²) in [5, 5.41) is 12.7. The predicted molar refractivity (Wildman–Crippen MR) is 79.6 cm³/mol. The summed E-state index contributed by atoms with van der Waals surface area (Å²) in [6, 6.07) is 1.67. The van der Waals surface area contributed by atoms with E-state index in [1.165, 1.54) is 23.1 Å². The van der Waals surface area contributed by atoms with E-state index in [4.69, 9.17) is 23.2 Å². The summed E-state index contributed by atoms with van der Waals surface area (Å²) < 4.78 is 1.72. The highest BCUT2D eigenvalue weighted by molar-refractivity contribution is 8.03. The Bertz CT molecular complexity index is 561. The molecule has 0 spiro atoms. The summed E-state index contributed by atoms with van der Waals surface area (Å²) in [7, 11) is 1.76. The van der Waals surface area contributed by atoms with Crippen molar-refractivity contribution in [3.63, 3.8) is 0 Å². The van der Waals surface area contributed by atoms with Gasteiger partial charge in [0.15, 0.2) is 8.68 Å². The van der Waals surface area contributed by atoms with Crippen molar-refractivity contribution in [3.8, 4) is 0 Å². The first-order chi connectivity index (χ1) is 8.63. The maximum atomic E-state index is 6.10. The third-order valence-corrected chi connectivity index (χ3v) is 5.52. The maximum absolute atomic E-state index is 6.10. The molecule has 0 bridgehead atoms. The number of aromatic nitrogens is 3. The van der Waals surface area contributed by atoms with Gasteiger partial charge in [0, 0.05) is 7.05 Å². The molecule has 0 atom stereocenters. The van der Waals surface area contributed by atoms with Crippen LogP contribution in [-0.4, -0.2) is 28.5 Å². The van der Waals surface area contributed by atoms with Crippen LogP contribution in [0.15, 0.2) is 19.8 Å². The van der Waals surface area contributed by atoms with Gasteiger partial charge in [0.1, 0.15) is 10.8 Å². The lowest BCUT2D eigenvalue weighted by molar-refractivity contribution is 0.953. The van der Waals surface area contributed by atoms with Crippen LogP contribution in [0.1, 0.15) is 0 Å². The van der Waals surface area contributed by atoms with Crippen LogP contribution in [0.5, 0.6) is 0 Å². The van der Waals surface area contributed by atoms with E-state index in [0.29, 0.717) is 20.9 Å². The Morgan fingerprint density at radius 2 is 1.94 bits per heavy atom. The quantitative estimate of drug-likeness (QED) is 0.845. The molecule has 2 aromatic heterocycles. The molecule has 2 aromatic rings. The summed E-state index contributed by atoms with van der Waals surface area (Å²) >= 11 is 16.5. The molecule has 0 aromatic carbocycles. The molecule has 0 saturated carbocycles. The smallest absolute Gasteiger partial charge is 0.181 e. The van der Waals surface area contributed by atoms with E-state index < -0.39 is 0 Å². The van der Waals surface area contributed by atoms with Crippen molar-refractivity contribution in [2.45, 2.75) is 13.7 Å². The van der Waals surface area contributed by atoms with Gasteiger partial charge < -0.3 is 5.32 Å². The molecule has 9 heteroatoms. The molecule has 0 aliphatic rings. The van der Waals surface area contributed by atoms with Gasteiger partial charge in [0.05, 0.1) is 10.0 Å². The fourth-order valence-electron chi connectivity index (χ4n) is 1.10. The molecule has 18 heavy (non-hydrogen) atoms. The van der Waals surface area contributed by atoms with Crippen LogP contribution in [0.2, 0.25) is 10.0 Å². The standard InChI is InChI=1S/C9H8Cl2N4S3/c1-12-6-4(10)3-5(11)7(13-6)17-9-15-14-8(16-2)18-9/h3H,1-2H3,(H,12,13). The Morgan fingerprint density at radius 1 is 1.22 bits per heavy atom. The number of pyridine rings is 1. The summed E-state index contributed by atoms with van der Waals surface area (Å²) in [6.45, 7) is 0. The molecule has 4 nitrogen and oxygen atoms in total. The number of halogens is 2. The molecule has 0 radical (unpaired) electrons. The molecule has 0 unspecified atom stereocenters. The summed E-state index contributed by atoms with van der Waals surface area (Å²) in [4.78, 5) is 4.34. The fraction of sp³-hybridized carbons (Fsp3) is 0.222. The third kappa shape index (κ3) is 3.21. The molecule has 1 N–H and O–H groups in total. The van der Waals surface area contributed by atoms with E-state index in [2.05, 4.69) is 20.5 Å². The van der Waals surface area contributed by atoms with Crippen molar-refractivity contribution < 1.29 is 0 Å². The van der Waals surface area contributed by atoms with E-state index in [1.54, 1.807) is 24.9 Å². The van der Waals surface area contributed by atoms with Crippen molar-refractivity contribution in [3.05, 3.63) is 16.1 Å². The highest BCUT2D eigenvalue weighted by Gasteiger charge is 2.12. The molecule has 0 aliphatic carbocycles. The van der Waals surface area contributed by atoms with Crippen molar-refractivity contribution >= 4 is 63.9 Å². The zero-order valence-corrected chi connectivity index (χ0v) is 13.4. The zero-order valence-electron chi connectivity index (χ0n) is 9.40. The molecule has 0 fully saturated rings. The molecule has 0 aliphatic heterocycles. The van der Waals surface area contributed by atoms with Crippen molar-refractivity contribution in [1.82, 2.24) is 15.2 Å². The summed E-state index contributed by atoms with van der Waals surface area (Å²) in [5.74, 6) is 0.596. The van der Waals surface area contributed by atoms with Gasteiger partial charge in [-0.05, 0) is 24.1 Å². The van der Waals surface area contributed by atoms with Gasteiger partial charge in [-0.2, -0.15) is 0 Å². The van der Waals surface area contributed by atoms with E-state index >= 15 is 0 Å². The van der Waals surface area contributed by atoms with Crippen LogP contribution in [0, 0.1) is 0 Å². The van der Waals surface area contributed by atoms with E-state index in [0.717, 1.165) is 8.68 Å². The lowest BCUT2D eigenvalue weighted by Gasteiger charge is -2.06. The Labute approximate surface area is 127 Å². The first kappa shape index (κ1) is 14.2. The summed E-state index contributed by atoms with van der Waals surface area (Å²) in [5.41, 5.74) is 0. The second-order valence-corrected chi connectivity index (χ2v) is 7.08. The monoisotopic (exact) mass is 338 g/mol. The van der Waals surface area contributed by atoms with Crippen LogP contribution >= 0.6 is 58.1 Å². The number of anilines is 1. The third-order valence-electron chi connectivity index (χ3n) is 1.88. The van der Waals surface area contributed by atoms with Gasteiger partial charge in [-0.15, -0.1) is 10.2 Å². The molecule has 0 saturated heterocycles. The first-order valence-corrected chi connectivity index (χ1v) is 8.34. The maximum Gasteiger partial charge on any atom is 0.181 e. The SMILES string of the molecule is CNc1nc(Sc2nnc(SC)s2)c(Cl)cc1Cl. The lowest BCUT2D eigenvalue weighted by Crippen LogP contribution is -1.95. The van der Waals surface area contributed by atoms with Crippen molar-refractivity contribution in [2.75, 3.05) is 18.6 Å². The average molecular weight is 339 g/mol. The first-order valence-electron chi connectivity index (χ1n) is 4.73. The minimum atomic E-state index is 0.494. The predicted octanol–water partition coefficient (Wildman–Crippen LogP) is 4.15. The van der Waals surface area contributed by atoms with Gasteiger partial charge in [-0.3, -0.25) is 0 Å². The molecule has 2 heterocycles. The topological polar surface area (TPSA) is 50.7 Å². The van der Waals surface area contributed by atoms with Gasteiger partial charge in [-0.25, -0.2) is 4.98 Å². The Morgan fingerprint density at radius 3 is 2.56 bits per heavy atom.